The first-order valence-electron chi connectivity index (χ1n) is 8.72. The molecule has 0 bridgehead atoms. The number of benzene rings is 2. The number of aryl methyl sites for hydroxylation is 1. The molecule has 4 rings (SSSR count). The van der Waals surface area contributed by atoms with Gasteiger partial charge in [0, 0.05) is 29.5 Å². The van der Waals surface area contributed by atoms with Crippen LogP contribution in [0.3, 0.4) is 0 Å². The number of halogens is 1. The number of hydrogen-bond donors (Lipinski definition) is 2. The van der Waals surface area contributed by atoms with E-state index in [2.05, 4.69) is 15.6 Å². The average molecular weight is 397 g/mol. The zero-order valence-corrected chi connectivity index (χ0v) is 15.6. The second-order valence-electron chi connectivity index (χ2n) is 6.34. The number of imidazole rings is 1. The number of amides is 2. The number of anilines is 2. The first-order valence-corrected chi connectivity index (χ1v) is 9.09. The van der Waals surface area contributed by atoms with Crippen molar-refractivity contribution in [1.82, 2.24) is 9.55 Å². The number of carbonyl (C=O) groups is 2. The molecule has 142 valence electrons. The van der Waals surface area contributed by atoms with Gasteiger partial charge in [0.25, 0.3) is 5.91 Å². The summed E-state index contributed by atoms with van der Waals surface area (Å²) in [5, 5.41) is 6.15. The number of nitrogens with zero attached hydrogens (tertiary/aromatic N) is 2. The molecule has 1 aromatic heterocycles. The van der Waals surface area contributed by atoms with E-state index in [1.165, 1.54) is 0 Å². The van der Waals surface area contributed by atoms with Crippen LogP contribution in [0.1, 0.15) is 12.0 Å². The van der Waals surface area contributed by atoms with Gasteiger partial charge >= 0.3 is 0 Å². The van der Waals surface area contributed by atoms with Crippen LogP contribution in [-0.2, 0) is 16.0 Å². The van der Waals surface area contributed by atoms with Crippen molar-refractivity contribution in [2.75, 3.05) is 17.2 Å². The molecular weight excluding hydrogens is 380 g/mol. The van der Waals surface area contributed by atoms with Gasteiger partial charge < -0.3 is 19.9 Å². The molecule has 8 heteroatoms. The van der Waals surface area contributed by atoms with E-state index in [1.54, 1.807) is 53.6 Å². The van der Waals surface area contributed by atoms with E-state index in [4.69, 9.17) is 16.3 Å². The fourth-order valence-corrected chi connectivity index (χ4v) is 3.19. The van der Waals surface area contributed by atoms with Crippen molar-refractivity contribution in [2.24, 2.45) is 0 Å². The van der Waals surface area contributed by atoms with Crippen molar-refractivity contribution < 1.29 is 14.3 Å². The Labute approximate surface area is 166 Å². The number of ether oxygens (including phenoxy) is 1. The molecule has 0 fully saturated rings. The van der Waals surface area contributed by atoms with Crippen LogP contribution in [-0.4, -0.2) is 28.0 Å². The topological polar surface area (TPSA) is 85.2 Å². The molecule has 1 aliphatic heterocycles. The van der Waals surface area contributed by atoms with Crippen molar-refractivity contribution in [1.29, 1.82) is 0 Å². The van der Waals surface area contributed by atoms with E-state index in [0.29, 0.717) is 29.3 Å². The number of rotatable bonds is 5. The molecule has 1 aliphatic rings. The Bertz CT molecular complexity index is 1030. The fraction of sp³-hybridized carbons (Fsp3) is 0.150. The van der Waals surface area contributed by atoms with Crippen LogP contribution in [0.5, 0.6) is 5.75 Å². The van der Waals surface area contributed by atoms with Crippen molar-refractivity contribution in [2.45, 2.75) is 12.8 Å². The lowest BCUT2D eigenvalue weighted by atomic mass is 10.0. The smallest absolute Gasteiger partial charge is 0.262 e. The molecule has 0 saturated heterocycles. The van der Waals surface area contributed by atoms with E-state index in [9.17, 15) is 9.59 Å². The lowest BCUT2D eigenvalue weighted by Crippen LogP contribution is -2.21. The number of nitrogens with one attached hydrogen (secondary N) is 2. The molecule has 2 amide bonds. The van der Waals surface area contributed by atoms with Crippen LogP contribution in [0.15, 0.2) is 55.1 Å². The quantitative estimate of drug-likeness (QED) is 0.692. The van der Waals surface area contributed by atoms with Crippen LogP contribution in [0.2, 0.25) is 5.02 Å². The SMILES string of the molecule is O=C1CCc2cc(OCC(=O)Nc3cc(Cl)ccc3-n3ccnc3)ccc2N1. The van der Waals surface area contributed by atoms with E-state index in [0.717, 1.165) is 16.9 Å². The molecule has 0 spiro atoms. The predicted molar refractivity (Wildman–Crippen MR) is 106 cm³/mol. The van der Waals surface area contributed by atoms with E-state index >= 15 is 0 Å². The van der Waals surface area contributed by atoms with Gasteiger partial charge in [0.1, 0.15) is 5.75 Å². The highest BCUT2D eigenvalue weighted by Gasteiger charge is 2.16. The van der Waals surface area contributed by atoms with Crippen molar-refractivity contribution >= 4 is 34.8 Å². The number of fused-ring (bicyclic) bond motifs is 1. The van der Waals surface area contributed by atoms with Crippen molar-refractivity contribution in [3.63, 3.8) is 0 Å². The van der Waals surface area contributed by atoms with Gasteiger partial charge in [-0.25, -0.2) is 4.98 Å². The van der Waals surface area contributed by atoms with Gasteiger partial charge in [0.15, 0.2) is 6.61 Å². The van der Waals surface area contributed by atoms with Gasteiger partial charge in [0.2, 0.25) is 5.91 Å². The normalized spacial score (nSPS) is 12.8. The third-order valence-electron chi connectivity index (χ3n) is 4.36. The Morgan fingerprint density at radius 3 is 2.96 bits per heavy atom. The number of hydrogen-bond acceptors (Lipinski definition) is 4. The summed E-state index contributed by atoms with van der Waals surface area (Å²) in [4.78, 5) is 27.8. The highest BCUT2D eigenvalue weighted by Crippen LogP contribution is 2.27. The first kappa shape index (κ1) is 18.1. The highest BCUT2D eigenvalue weighted by atomic mass is 35.5. The minimum atomic E-state index is -0.311. The summed E-state index contributed by atoms with van der Waals surface area (Å²) in [5.74, 6) is 0.274. The average Bonchev–Trinajstić information content (AvgIpc) is 3.21. The minimum absolute atomic E-state index is 0.00997. The Hall–Kier alpha value is -3.32. The third-order valence-corrected chi connectivity index (χ3v) is 4.59. The summed E-state index contributed by atoms with van der Waals surface area (Å²) in [6.45, 7) is -0.152. The molecule has 7 nitrogen and oxygen atoms in total. The summed E-state index contributed by atoms with van der Waals surface area (Å²) in [5.41, 5.74) is 3.10. The maximum absolute atomic E-state index is 12.4. The lowest BCUT2D eigenvalue weighted by Gasteiger charge is -2.17. The third kappa shape index (κ3) is 3.99. The van der Waals surface area contributed by atoms with Crippen LogP contribution in [0.4, 0.5) is 11.4 Å². The molecule has 2 aromatic carbocycles. The standard InChI is InChI=1S/C20H17ClN4O3/c21-14-2-5-18(25-8-7-22-12-25)17(10-14)24-20(27)11-28-15-3-4-16-13(9-15)1-6-19(26)23-16/h2-5,7-10,12H,1,6,11H2,(H,23,26)(H,24,27). The highest BCUT2D eigenvalue weighted by molar-refractivity contribution is 6.31. The largest absolute Gasteiger partial charge is 0.484 e. The second-order valence-corrected chi connectivity index (χ2v) is 6.77. The van der Waals surface area contributed by atoms with Gasteiger partial charge in [-0.05, 0) is 48.4 Å². The fourth-order valence-electron chi connectivity index (χ4n) is 3.02. The second kappa shape index (κ2) is 7.74. The van der Waals surface area contributed by atoms with Gasteiger partial charge in [0.05, 0.1) is 17.7 Å². The monoisotopic (exact) mass is 396 g/mol. The molecule has 0 atom stereocenters. The molecule has 0 radical (unpaired) electrons. The van der Waals surface area contributed by atoms with Gasteiger partial charge in [-0.15, -0.1) is 0 Å². The summed E-state index contributed by atoms with van der Waals surface area (Å²) in [7, 11) is 0. The molecule has 2 N–H and O–H groups in total. The zero-order chi connectivity index (χ0) is 19.5. The number of aromatic nitrogens is 2. The van der Waals surface area contributed by atoms with Crippen LogP contribution >= 0.6 is 11.6 Å². The molecule has 0 saturated carbocycles. The minimum Gasteiger partial charge on any atom is -0.484 e. The maximum atomic E-state index is 12.4. The predicted octanol–water partition coefficient (Wildman–Crippen LogP) is 3.43. The summed E-state index contributed by atoms with van der Waals surface area (Å²) >= 11 is 6.08. The molecule has 28 heavy (non-hydrogen) atoms. The summed E-state index contributed by atoms with van der Waals surface area (Å²) < 4.78 is 7.40. The zero-order valence-electron chi connectivity index (χ0n) is 14.8. The van der Waals surface area contributed by atoms with Crippen molar-refractivity contribution in [3.8, 4) is 11.4 Å². The molecule has 0 unspecified atom stereocenters. The van der Waals surface area contributed by atoms with Crippen LogP contribution in [0.25, 0.3) is 5.69 Å². The summed E-state index contributed by atoms with van der Waals surface area (Å²) in [6, 6.07) is 10.6. The molecular formula is C20H17ClN4O3. The Balaban J connectivity index is 1.43. The summed E-state index contributed by atoms with van der Waals surface area (Å²) in [6.07, 6.45) is 6.18. The molecule has 2 heterocycles. The van der Waals surface area contributed by atoms with E-state index < -0.39 is 0 Å². The van der Waals surface area contributed by atoms with E-state index in [1.807, 2.05) is 6.07 Å². The van der Waals surface area contributed by atoms with Crippen LogP contribution in [0, 0.1) is 0 Å². The van der Waals surface area contributed by atoms with E-state index in [-0.39, 0.29) is 18.4 Å². The lowest BCUT2D eigenvalue weighted by molar-refractivity contribution is -0.118. The molecule has 0 aliphatic carbocycles. The first-order chi connectivity index (χ1) is 13.6. The maximum Gasteiger partial charge on any atom is 0.262 e. The van der Waals surface area contributed by atoms with Crippen molar-refractivity contribution in [3.05, 3.63) is 65.7 Å². The Kier molecular flexibility index (Phi) is 4.99. The molecule has 3 aromatic rings. The van der Waals surface area contributed by atoms with Gasteiger partial charge in [-0.2, -0.15) is 0 Å². The Morgan fingerprint density at radius 1 is 1.25 bits per heavy atom. The Morgan fingerprint density at radius 2 is 2.14 bits per heavy atom. The van der Waals surface area contributed by atoms with Gasteiger partial charge in [-0.3, -0.25) is 9.59 Å². The van der Waals surface area contributed by atoms with Gasteiger partial charge in [-0.1, -0.05) is 11.6 Å². The number of carbonyl (C=O) groups excluding carboxylic acids is 2. The van der Waals surface area contributed by atoms with Crippen LogP contribution < -0.4 is 15.4 Å².